The minimum Gasteiger partial charge on any atom is -0.487 e. The van der Waals surface area contributed by atoms with Crippen LogP contribution in [0.1, 0.15) is 72.9 Å². The smallest absolute Gasteiger partial charge is 0.337 e. The third kappa shape index (κ3) is 6.32. The lowest BCUT2D eigenvalue weighted by molar-refractivity contribution is 0.0600. The van der Waals surface area contributed by atoms with Gasteiger partial charge in [-0.25, -0.2) is 4.79 Å². The van der Waals surface area contributed by atoms with Crippen molar-refractivity contribution in [3.8, 4) is 5.75 Å². The van der Waals surface area contributed by atoms with E-state index in [2.05, 4.69) is 54.4 Å². The largest absolute Gasteiger partial charge is 0.487 e. The van der Waals surface area contributed by atoms with Crippen molar-refractivity contribution in [1.82, 2.24) is 0 Å². The lowest BCUT2D eigenvalue weighted by Gasteiger charge is -2.31. The van der Waals surface area contributed by atoms with Crippen LogP contribution in [-0.2, 0) is 4.74 Å². The number of allylic oxidation sites excluding steroid dienone is 1. The fourth-order valence-electron chi connectivity index (χ4n) is 4.52. The molecule has 2 aromatic rings. The molecule has 3 rings (SSSR count). The number of rotatable bonds is 9. The van der Waals surface area contributed by atoms with Gasteiger partial charge in [-0.1, -0.05) is 56.5 Å². The molecule has 0 spiro atoms. The molecule has 1 unspecified atom stereocenters. The first kappa shape index (κ1) is 23.8. The molecule has 0 radical (unpaired) electrons. The number of hydrogen-bond donors (Lipinski definition) is 0. The Bertz CT molecular complexity index is 907. The van der Waals surface area contributed by atoms with Crippen LogP contribution in [0.3, 0.4) is 0 Å². The molecule has 1 aliphatic carbocycles. The fourth-order valence-corrected chi connectivity index (χ4v) is 4.52. The van der Waals surface area contributed by atoms with Gasteiger partial charge in [-0.2, -0.15) is 0 Å². The zero-order valence-corrected chi connectivity index (χ0v) is 19.5. The van der Waals surface area contributed by atoms with Gasteiger partial charge in [0.1, 0.15) is 12.4 Å². The average molecular weight is 434 g/mol. The van der Waals surface area contributed by atoms with Gasteiger partial charge in [0.15, 0.2) is 0 Å². The van der Waals surface area contributed by atoms with E-state index in [0.29, 0.717) is 24.0 Å². The summed E-state index contributed by atoms with van der Waals surface area (Å²) >= 11 is 0. The molecule has 0 amide bonds. The van der Waals surface area contributed by atoms with E-state index < -0.39 is 0 Å². The Labute approximate surface area is 192 Å². The summed E-state index contributed by atoms with van der Waals surface area (Å²) in [6.07, 6.45) is 11.5. The zero-order chi connectivity index (χ0) is 22.8. The quantitative estimate of drug-likeness (QED) is 0.331. The van der Waals surface area contributed by atoms with Crippen LogP contribution >= 0.6 is 0 Å². The van der Waals surface area contributed by atoms with Crippen molar-refractivity contribution in [3.63, 3.8) is 0 Å². The highest BCUT2D eigenvalue weighted by Gasteiger charge is 2.27. The van der Waals surface area contributed by atoms with Crippen LogP contribution in [0.5, 0.6) is 5.75 Å². The van der Waals surface area contributed by atoms with Crippen LogP contribution in [-0.4, -0.2) is 32.4 Å². The Kier molecular flexibility index (Phi) is 9.09. The number of nitrogens with zero attached hydrogens (tertiary/aromatic N) is 1. The summed E-state index contributed by atoms with van der Waals surface area (Å²) in [7, 11) is 3.21. The van der Waals surface area contributed by atoms with Crippen molar-refractivity contribution in [2.75, 3.05) is 20.8 Å². The SMILES string of the molecule is CC/C=C\C(COc1ccc(C(c2ccc(C(=O)OC)cc2)C2CCCCC2)cc1)=NC. The van der Waals surface area contributed by atoms with Crippen LogP contribution < -0.4 is 4.74 Å². The molecule has 0 saturated heterocycles. The van der Waals surface area contributed by atoms with E-state index >= 15 is 0 Å². The molecular weight excluding hydrogens is 398 g/mol. The van der Waals surface area contributed by atoms with Gasteiger partial charge in [-0.15, -0.1) is 0 Å². The highest BCUT2D eigenvalue weighted by molar-refractivity contribution is 5.96. The van der Waals surface area contributed by atoms with Gasteiger partial charge in [-0.3, -0.25) is 4.99 Å². The molecule has 170 valence electrons. The van der Waals surface area contributed by atoms with E-state index in [1.54, 1.807) is 7.05 Å². The van der Waals surface area contributed by atoms with Crippen LogP contribution in [0.4, 0.5) is 0 Å². The second kappa shape index (κ2) is 12.2. The zero-order valence-electron chi connectivity index (χ0n) is 19.5. The maximum absolute atomic E-state index is 11.8. The van der Waals surface area contributed by atoms with Gasteiger partial charge in [0.05, 0.1) is 18.4 Å². The van der Waals surface area contributed by atoms with Gasteiger partial charge in [-0.05, 0) is 66.6 Å². The van der Waals surface area contributed by atoms with Crippen molar-refractivity contribution < 1.29 is 14.3 Å². The summed E-state index contributed by atoms with van der Waals surface area (Å²) in [6.45, 7) is 2.57. The Balaban J connectivity index is 1.79. The van der Waals surface area contributed by atoms with Gasteiger partial charge >= 0.3 is 5.97 Å². The molecule has 0 bridgehead atoms. The maximum Gasteiger partial charge on any atom is 0.337 e. The maximum atomic E-state index is 11.8. The summed E-state index contributed by atoms with van der Waals surface area (Å²) in [5, 5.41) is 0. The Morgan fingerprint density at radius 3 is 2.22 bits per heavy atom. The van der Waals surface area contributed by atoms with Crippen LogP contribution in [0.2, 0.25) is 0 Å². The molecule has 4 heteroatoms. The molecule has 0 N–H and O–H groups in total. The number of hydrogen-bond acceptors (Lipinski definition) is 4. The molecule has 0 aliphatic heterocycles. The van der Waals surface area contributed by atoms with Crippen molar-refractivity contribution >= 4 is 11.7 Å². The predicted octanol–water partition coefficient (Wildman–Crippen LogP) is 6.60. The molecule has 4 nitrogen and oxygen atoms in total. The average Bonchev–Trinajstić information content (AvgIpc) is 2.86. The van der Waals surface area contributed by atoms with E-state index in [0.717, 1.165) is 17.9 Å². The number of methoxy groups -OCH3 is 1. The summed E-state index contributed by atoms with van der Waals surface area (Å²) in [6, 6.07) is 16.4. The first-order valence-electron chi connectivity index (χ1n) is 11.7. The monoisotopic (exact) mass is 433 g/mol. The number of carbonyl (C=O) groups excluding carboxylic acids is 1. The summed E-state index contributed by atoms with van der Waals surface area (Å²) < 4.78 is 10.8. The van der Waals surface area contributed by atoms with Crippen LogP contribution in [0.25, 0.3) is 0 Å². The van der Waals surface area contributed by atoms with E-state index in [1.165, 1.54) is 50.3 Å². The number of carbonyl (C=O) groups is 1. The van der Waals surface area contributed by atoms with Gasteiger partial charge in [0, 0.05) is 13.0 Å². The minimum absolute atomic E-state index is 0.295. The van der Waals surface area contributed by atoms with Crippen molar-refractivity contribution in [2.24, 2.45) is 10.9 Å². The second-order valence-corrected chi connectivity index (χ2v) is 8.37. The van der Waals surface area contributed by atoms with E-state index in [9.17, 15) is 4.79 Å². The third-order valence-electron chi connectivity index (χ3n) is 6.27. The minimum atomic E-state index is -0.295. The first-order chi connectivity index (χ1) is 15.7. The van der Waals surface area contributed by atoms with Gasteiger partial charge in [0.25, 0.3) is 0 Å². The lowest BCUT2D eigenvalue weighted by Crippen LogP contribution is -2.18. The molecule has 32 heavy (non-hydrogen) atoms. The molecule has 1 fully saturated rings. The molecule has 1 atom stereocenters. The van der Waals surface area contributed by atoms with Gasteiger partial charge < -0.3 is 9.47 Å². The Morgan fingerprint density at radius 2 is 1.66 bits per heavy atom. The highest BCUT2D eigenvalue weighted by Crippen LogP contribution is 2.40. The predicted molar refractivity (Wildman–Crippen MR) is 131 cm³/mol. The number of benzene rings is 2. The van der Waals surface area contributed by atoms with Crippen molar-refractivity contribution in [3.05, 3.63) is 77.4 Å². The van der Waals surface area contributed by atoms with E-state index in [4.69, 9.17) is 9.47 Å². The summed E-state index contributed by atoms with van der Waals surface area (Å²) in [4.78, 5) is 16.1. The molecule has 0 heterocycles. The molecular formula is C28H35NO3. The Morgan fingerprint density at radius 1 is 1.03 bits per heavy atom. The normalized spacial score (nSPS) is 16.2. The second-order valence-electron chi connectivity index (χ2n) is 8.37. The topological polar surface area (TPSA) is 47.9 Å². The highest BCUT2D eigenvalue weighted by atomic mass is 16.5. The lowest BCUT2D eigenvalue weighted by atomic mass is 9.73. The summed E-state index contributed by atoms with van der Waals surface area (Å²) in [5.74, 6) is 1.48. The van der Waals surface area contributed by atoms with Crippen LogP contribution in [0, 0.1) is 5.92 Å². The third-order valence-corrected chi connectivity index (χ3v) is 6.27. The van der Waals surface area contributed by atoms with Crippen molar-refractivity contribution in [2.45, 2.75) is 51.4 Å². The van der Waals surface area contributed by atoms with E-state index in [1.807, 2.05) is 18.2 Å². The molecule has 1 saturated carbocycles. The van der Waals surface area contributed by atoms with Crippen molar-refractivity contribution in [1.29, 1.82) is 0 Å². The number of ether oxygens (including phenoxy) is 2. The molecule has 0 aromatic heterocycles. The molecule has 2 aromatic carbocycles. The number of esters is 1. The van der Waals surface area contributed by atoms with E-state index in [-0.39, 0.29) is 5.97 Å². The van der Waals surface area contributed by atoms with Crippen LogP contribution in [0.15, 0.2) is 65.7 Å². The summed E-state index contributed by atoms with van der Waals surface area (Å²) in [5.41, 5.74) is 4.07. The first-order valence-corrected chi connectivity index (χ1v) is 11.7. The fraction of sp³-hybridized carbons (Fsp3) is 0.429. The number of aliphatic imine (C=N–C) groups is 1. The Hall–Kier alpha value is -2.88. The standard InChI is InChI=1S/C28H35NO3/c1-4-5-11-25(29-2)20-32-26-18-16-23(17-19-26)27(21-9-7-6-8-10-21)22-12-14-24(15-13-22)28(30)31-3/h5,11-19,21,27H,4,6-10,20H2,1-3H3/b11-5-,29-25?. The molecule has 1 aliphatic rings. The van der Waals surface area contributed by atoms with Gasteiger partial charge in [0.2, 0.25) is 0 Å².